The van der Waals surface area contributed by atoms with Gasteiger partial charge in [-0.25, -0.2) is 9.59 Å². The van der Waals surface area contributed by atoms with Gasteiger partial charge in [-0.3, -0.25) is 0 Å². The summed E-state index contributed by atoms with van der Waals surface area (Å²) in [5.74, 6) is -0.884. The molecule has 0 saturated carbocycles. The molecule has 2 aliphatic heterocycles. The van der Waals surface area contributed by atoms with Crippen LogP contribution in [0.15, 0.2) is 0 Å². The Hall–Kier alpha value is -1.30. The van der Waals surface area contributed by atoms with Crippen molar-refractivity contribution in [2.24, 2.45) is 0 Å². The topological polar surface area (TPSA) is 70.1 Å². The van der Waals surface area contributed by atoms with Gasteiger partial charge in [0, 0.05) is 26.2 Å². The summed E-state index contributed by atoms with van der Waals surface area (Å²) in [7, 11) is 0. The second kappa shape index (κ2) is 5.99. The van der Waals surface area contributed by atoms with Gasteiger partial charge in [0.15, 0.2) is 0 Å². The molecule has 2 unspecified atom stereocenters. The number of hydrogen-bond acceptors (Lipinski definition) is 3. The van der Waals surface area contributed by atoms with Crippen LogP contribution in [0.3, 0.4) is 0 Å². The summed E-state index contributed by atoms with van der Waals surface area (Å²) >= 11 is 0. The number of carboxylic acid groups (broad SMARTS) is 1. The number of hydrogen-bond donors (Lipinski definition) is 1. The Labute approximate surface area is 119 Å². The molecule has 114 valence electrons. The number of carboxylic acids is 1. The van der Waals surface area contributed by atoms with Crippen LogP contribution in [0.2, 0.25) is 0 Å². The van der Waals surface area contributed by atoms with Crippen molar-refractivity contribution in [2.75, 3.05) is 26.2 Å². The van der Waals surface area contributed by atoms with E-state index in [1.165, 1.54) is 0 Å². The maximum atomic E-state index is 12.7. The molecule has 2 amide bonds. The van der Waals surface area contributed by atoms with Crippen molar-refractivity contribution in [1.82, 2.24) is 9.80 Å². The van der Waals surface area contributed by atoms with Gasteiger partial charge in [-0.1, -0.05) is 6.92 Å². The van der Waals surface area contributed by atoms with E-state index in [2.05, 4.69) is 0 Å². The maximum absolute atomic E-state index is 12.7. The molecule has 20 heavy (non-hydrogen) atoms. The van der Waals surface area contributed by atoms with Crippen LogP contribution in [0.5, 0.6) is 0 Å². The minimum Gasteiger partial charge on any atom is -0.479 e. The van der Waals surface area contributed by atoms with Crippen LogP contribution in [-0.4, -0.2) is 64.8 Å². The lowest BCUT2D eigenvalue weighted by Crippen LogP contribution is -2.57. The molecule has 2 atom stereocenters. The van der Waals surface area contributed by atoms with Gasteiger partial charge >= 0.3 is 12.0 Å². The fourth-order valence-electron chi connectivity index (χ4n) is 3.24. The molecule has 0 aromatic heterocycles. The van der Waals surface area contributed by atoms with E-state index >= 15 is 0 Å². The van der Waals surface area contributed by atoms with Crippen molar-refractivity contribution in [1.29, 1.82) is 0 Å². The van der Waals surface area contributed by atoms with Crippen LogP contribution in [0.25, 0.3) is 0 Å². The minimum absolute atomic E-state index is 0.00454. The van der Waals surface area contributed by atoms with Gasteiger partial charge in [0.25, 0.3) is 0 Å². The predicted octanol–water partition coefficient (Wildman–Crippen LogP) is 1.55. The van der Waals surface area contributed by atoms with Crippen LogP contribution in [-0.2, 0) is 9.53 Å². The third-order valence-electron chi connectivity index (χ3n) is 4.43. The second-order valence-corrected chi connectivity index (χ2v) is 5.71. The Bertz CT molecular complexity index is 387. The van der Waals surface area contributed by atoms with E-state index in [0.717, 1.165) is 12.8 Å². The molecule has 6 heteroatoms. The van der Waals surface area contributed by atoms with E-state index in [4.69, 9.17) is 4.74 Å². The molecule has 2 rings (SSSR count). The van der Waals surface area contributed by atoms with E-state index < -0.39 is 11.5 Å². The molecule has 2 heterocycles. The Balaban J connectivity index is 2.16. The van der Waals surface area contributed by atoms with Crippen LogP contribution >= 0.6 is 0 Å². The Morgan fingerprint density at radius 2 is 2.10 bits per heavy atom. The summed E-state index contributed by atoms with van der Waals surface area (Å²) in [6.45, 7) is 6.15. The molecular formula is C14H24N2O4. The zero-order valence-corrected chi connectivity index (χ0v) is 12.3. The molecule has 2 aliphatic rings. The highest BCUT2D eigenvalue weighted by Gasteiger charge is 2.49. The third kappa shape index (κ3) is 2.61. The molecule has 0 aliphatic carbocycles. The first-order valence-corrected chi connectivity index (χ1v) is 7.43. The van der Waals surface area contributed by atoms with Crippen molar-refractivity contribution < 1.29 is 19.4 Å². The smallest absolute Gasteiger partial charge is 0.329 e. The van der Waals surface area contributed by atoms with Gasteiger partial charge in [-0.05, 0) is 32.6 Å². The van der Waals surface area contributed by atoms with Crippen molar-refractivity contribution in [2.45, 2.75) is 51.2 Å². The monoisotopic (exact) mass is 284 g/mol. The number of rotatable bonds is 2. The number of carbonyl (C=O) groups is 2. The minimum atomic E-state index is -1.02. The number of carbonyl (C=O) groups excluding carboxylic acids is 1. The number of likely N-dealkylation sites (tertiary alicyclic amines) is 1. The predicted molar refractivity (Wildman–Crippen MR) is 73.6 cm³/mol. The van der Waals surface area contributed by atoms with Gasteiger partial charge in [0.2, 0.25) is 0 Å². The second-order valence-electron chi connectivity index (χ2n) is 5.71. The van der Waals surface area contributed by atoms with Gasteiger partial charge < -0.3 is 19.6 Å². The van der Waals surface area contributed by atoms with Crippen molar-refractivity contribution in [3.05, 3.63) is 0 Å². The van der Waals surface area contributed by atoms with Crippen LogP contribution in [0.4, 0.5) is 4.79 Å². The lowest BCUT2D eigenvalue weighted by molar-refractivity contribution is -0.148. The lowest BCUT2D eigenvalue weighted by atomic mass is 9.93. The number of aliphatic carboxylic acids is 1. The first-order chi connectivity index (χ1) is 9.51. The number of urea groups is 1. The Morgan fingerprint density at radius 3 is 2.75 bits per heavy atom. The van der Waals surface area contributed by atoms with Gasteiger partial charge in [-0.15, -0.1) is 0 Å². The zero-order valence-electron chi connectivity index (χ0n) is 12.3. The lowest BCUT2D eigenvalue weighted by Gasteiger charge is -2.37. The van der Waals surface area contributed by atoms with Crippen molar-refractivity contribution in [3.8, 4) is 0 Å². The first kappa shape index (κ1) is 15.1. The van der Waals surface area contributed by atoms with Gasteiger partial charge in [-0.2, -0.15) is 0 Å². The molecular weight excluding hydrogens is 260 g/mol. The molecule has 6 nitrogen and oxygen atoms in total. The van der Waals surface area contributed by atoms with Crippen molar-refractivity contribution >= 4 is 12.0 Å². The first-order valence-electron chi connectivity index (χ1n) is 7.43. The summed E-state index contributed by atoms with van der Waals surface area (Å²) in [4.78, 5) is 27.7. The van der Waals surface area contributed by atoms with E-state index in [1.807, 2.05) is 13.8 Å². The van der Waals surface area contributed by atoms with Gasteiger partial charge in [0.1, 0.15) is 5.54 Å². The average Bonchev–Trinajstić information content (AvgIpc) is 2.75. The molecule has 0 spiro atoms. The molecule has 2 fully saturated rings. The third-order valence-corrected chi connectivity index (χ3v) is 4.43. The average molecular weight is 284 g/mol. The highest BCUT2D eigenvalue weighted by atomic mass is 16.5. The molecule has 0 bridgehead atoms. The number of ether oxygens (including phenoxy) is 1. The molecule has 0 aromatic carbocycles. The largest absolute Gasteiger partial charge is 0.479 e. The fraction of sp³-hybridized carbons (Fsp3) is 0.857. The zero-order chi connectivity index (χ0) is 14.8. The number of amides is 2. The quantitative estimate of drug-likeness (QED) is 0.835. The van der Waals surface area contributed by atoms with E-state index in [0.29, 0.717) is 39.1 Å². The summed E-state index contributed by atoms with van der Waals surface area (Å²) in [5, 5.41) is 9.55. The standard InChI is InChI=1S/C14H24N2O4/c1-3-14(12(17)18)6-4-8-16(14)13(19)15-7-5-9-20-11(2)10-15/h11H,3-10H2,1-2H3,(H,17,18). The van der Waals surface area contributed by atoms with E-state index in [-0.39, 0.29) is 12.1 Å². The molecule has 0 aromatic rings. The van der Waals surface area contributed by atoms with Crippen molar-refractivity contribution in [3.63, 3.8) is 0 Å². The molecule has 0 radical (unpaired) electrons. The molecule has 1 N–H and O–H groups in total. The Morgan fingerprint density at radius 1 is 1.35 bits per heavy atom. The van der Waals surface area contributed by atoms with Crippen LogP contribution in [0, 0.1) is 0 Å². The van der Waals surface area contributed by atoms with Crippen LogP contribution in [0.1, 0.15) is 39.5 Å². The maximum Gasteiger partial charge on any atom is 0.329 e. The van der Waals surface area contributed by atoms with Crippen LogP contribution < -0.4 is 0 Å². The molecule has 2 saturated heterocycles. The fourth-order valence-corrected chi connectivity index (χ4v) is 3.24. The Kier molecular flexibility index (Phi) is 4.52. The van der Waals surface area contributed by atoms with Gasteiger partial charge in [0.05, 0.1) is 6.10 Å². The SMILES string of the molecule is CCC1(C(=O)O)CCCN1C(=O)N1CCCOC(C)C1. The summed E-state index contributed by atoms with van der Waals surface area (Å²) in [5.41, 5.74) is -1.02. The summed E-state index contributed by atoms with van der Waals surface area (Å²) < 4.78 is 5.54. The summed E-state index contributed by atoms with van der Waals surface area (Å²) in [6.07, 6.45) is 2.56. The van der Waals surface area contributed by atoms with E-state index in [9.17, 15) is 14.7 Å². The number of nitrogens with zero attached hydrogens (tertiary/aromatic N) is 2. The normalized spacial score (nSPS) is 31.2. The highest BCUT2D eigenvalue weighted by molar-refractivity contribution is 5.87. The summed E-state index contributed by atoms with van der Waals surface area (Å²) in [6, 6.07) is -0.149. The highest BCUT2D eigenvalue weighted by Crippen LogP contribution is 2.33. The van der Waals surface area contributed by atoms with E-state index in [1.54, 1.807) is 9.80 Å².